The number of rotatable bonds is 8. The minimum Gasteiger partial charge on any atom is -0.369 e. The molecule has 1 saturated heterocycles. The van der Waals surface area contributed by atoms with Crippen molar-refractivity contribution in [3.63, 3.8) is 0 Å². The van der Waals surface area contributed by atoms with Gasteiger partial charge in [0.1, 0.15) is 0 Å². The van der Waals surface area contributed by atoms with Crippen molar-refractivity contribution in [2.75, 3.05) is 54.9 Å². The molecule has 0 radical (unpaired) electrons. The lowest BCUT2D eigenvalue weighted by molar-refractivity contribution is -0.137. The quantitative estimate of drug-likeness (QED) is 0.453. The molecule has 2 heterocycles. The molecule has 1 amide bonds. The number of H-pyrrole nitrogens is 1. The van der Waals surface area contributed by atoms with Crippen LogP contribution in [0, 0.1) is 0 Å². The van der Waals surface area contributed by atoms with Crippen LogP contribution < -0.4 is 10.2 Å². The van der Waals surface area contributed by atoms with Gasteiger partial charge in [-0.05, 0) is 54.6 Å². The number of aromatic amines is 1. The van der Waals surface area contributed by atoms with Crippen LogP contribution in [0.4, 0.5) is 24.5 Å². The minimum absolute atomic E-state index is 0.0180. The van der Waals surface area contributed by atoms with Gasteiger partial charge in [-0.15, -0.1) is 0 Å². The molecule has 1 aliphatic rings. The molecule has 34 heavy (non-hydrogen) atoms. The monoisotopic (exact) mass is 490 g/mol. The summed E-state index contributed by atoms with van der Waals surface area (Å²) >= 11 is 1.65. The maximum absolute atomic E-state index is 13.0. The van der Waals surface area contributed by atoms with Crippen LogP contribution in [-0.4, -0.2) is 60.5 Å². The Labute approximate surface area is 201 Å². The number of carbonyl (C=O) groups excluding carboxylic acids is 1. The first kappa shape index (κ1) is 24.5. The Hall–Kier alpha value is -2.65. The lowest BCUT2D eigenvalue weighted by Crippen LogP contribution is -2.47. The van der Waals surface area contributed by atoms with Crippen LogP contribution in [0.3, 0.4) is 0 Å². The predicted molar refractivity (Wildman–Crippen MR) is 134 cm³/mol. The molecule has 0 spiro atoms. The van der Waals surface area contributed by atoms with Gasteiger partial charge in [0.2, 0.25) is 5.91 Å². The van der Waals surface area contributed by atoms with E-state index in [1.54, 1.807) is 17.8 Å². The van der Waals surface area contributed by atoms with Crippen molar-refractivity contribution in [2.45, 2.75) is 19.0 Å². The van der Waals surface area contributed by atoms with Crippen molar-refractivity contribution in [3.8, 4) is 0 Å². The maximum atomic E-state index is 13.0. The minimum atomic E-state index is -4.32. The molecule has 9 heteroatoms. The first-order chi connectivity index (χ1) is 16.3. The maximum Gasteiger partial charge on any atom is 0.416 e. The van der Waals surface area contributed by atoms with Gasteiger partial charge in [-0.25, -0.2) is 0 Å². The number of benzene rings is 2. The Morgan fingerprint density at radius 1 is 1.12 bits per heavy atom. The van der Waals surface area contributed by atoms with Crippen LogP contribution in [-0.2, 0) is 17.4 Å². The first-order valence-electron chi connectivity index (χ1n) is 11.4. The number of halogens is 3. The van der Waals surface area contributed by atoms with Gasteiger partial charge >= 0.3 is 6.18 Å². The summed E-state index contributed by atoms with van der Waals surface area (Å²) in [7, 11) is 0. The molecule has 1 fully saturated rings. The molecule has 1 aromatic heterocycles. The normalized spacial score (nSPS) is 15.1. The van der Waals surface area contributed by atoms with Gasteiger partial charge in [0, 0.05) is 73.4 Å². The molecule has 2 N–H and O–H groups in total. The Morgan fingerprint density at radius 2 is 1.91 bits per heavy atom. The highest BCUT2D eigenvalue weighted by Gasteiger charge is 2.31. The molecule has 1 aliphatic heterocycles. The number of fused-ring (bicyclic) bond motifs is 1. The van der Waals surface area contributed by atoms with E-state index >= 15 is 0 Å². The Kier molecular flexibility index (Phi) is 7.73. The molecule has 4 rings (SSSR count). The number of anilines is 2. The summed E-state index contributed by atoms with van der Waals surface area (Å²) in [6, 6.07) is 11.5. The average molecular weight is 491 g/mol. The Bertz CT molecular complexity index is 1120. The van der Waals surface area contributed by atoms with Crippen LogP contribution in [0.5, 0.6) is 0 Å². The van der Waals surface area contributed by atoms with Crippen LogP contribution in [0.1, 0.15) is 17.5 Å². The number of alkyl halides is 3. The molecule has 0 aliphatic carbocycles. The van der Waals surface area contributed by atoms with Crippen LogP contribution in [0.15, 0.2) is 48.7 Å². The summed E-state index contributed by atoms with van der Waals surface area (Å²) in [6.07, 6.45) is 1.02. The van der Waals surface area contributed by atoms with Crippen molar-refractivity contribution in [1.29, 1.82) is 0 Å². The first-order valence-corrected chi connectivity index (χ1v) is 12.8. The van der Waals surface area contributed by atoms with Gasteiger partial charge in [-0.2, -0.15) is 24.9 Å². The molecule has 182 valence electrons. The molecule has 5 nitrogen and oxygen atoms in total. The number of aromatic nitrogens is 1. The highest BCUT2D eigenvalue weighted by atomic mass is 32.2. The second-order valence-corrected chi connectivity index (χ2v) is 9.48. The number of nitrogens with one attached hydrogen (secondary N) is 2. The highest BCUT2D eigenvalue weighted by Crippen LogP contribution is 2.32. The smallest absolute Gasteiger partial charge is 0.369 e. The van der Waals surface area contributed by atoms with Crippen LogP contribution in [0.2, 0.25) is 0 Å². The van der Waals surface area contributed by atoms with E-state index in [1.165, 1.54) is 17.7 Å². The van der Waals surface area contributed by atoms with Crippen molar-refractivity contribution in [3.05, 3.63) is 59.8 Å². The molecule has 0 unspecified atom stereocenters. The van der Waals surface area contributed by atoms with E-state index in [0.29, 0.717) is 25.2 Å². The highest BCUT2D eigenvalue weighted by molar-refractivity contribution is 7.98. The second kappa shape index (κ2) is 10.7. The summed E-state index contributed by atoms with van der Waals surface area (Å²) < 4.78 is 39.1. The SMILES string of the molecule is CSCCC(=O)Nc1ccc2[nH]cc(CCN3CCN(c4cccc(C(F)(F)F)c4)CC3)c2c1. The third-order valence-corrected chi connectivity index (χ3v) is 6.81. The average Bonchev–Trinajstić information content (AvgIpc) is 3.23. The Morgan fingerprint density at radius 3 is 2.65 bits per heavy atom. The van der Waals surface area contributed by atoms with Crippen molar-refractivity contribution >= 4 is 39.9 Å². The van der Waals surface area contributed by atoms with Crippen molar-refractivity contribution in [1.82, 2.24) is 9.88 Å². The zero-order valence-electron chi connectivity index (χ0n) is 19.1. The van der Waals surface area contributed by atoms with E-state index < -0.39 is 11.7 Å². The molecular weight excluding hydrogens is 461 g/mol. The van der Waals surface area contributed by atoms with E-state index in [4.69, 9.17) is 0 Å². The number of hydrogen-bond acceptors (Lipinski definition) is 4. The van der Waals surface area contributed by atoms with Gasteiger partial charge < -0.3 is 15.2 Å². The number of thioether (sulfide) groups is 1. The number of nitrogens with zero attached hydrogens (tertiary/aromatic N) is 2. The summed E-state index contributed by atoms with van der Waals surface area (Å²) in [5, 5.41) is 4.07. The number of hydrogen-bond donors (Lipinski definition) is 2. The van der Waals surface area contributed by atoms with Gasteiger partial charge in [-0.3, -0.25) is 9.69 Å². The topological polar surface area (TPSA) is 51.4 Å². The Balaban J connectivity index is 1.33. The fraction of sp³-hybridized carbons (Fsp3) is 0.400. The van der Waals surface area contributed by atoms with E-state index in [0.717, 1.165) is 54.5 Å². The van der Waals surface area contributed by atoms with Crippen molar-refractivity contribution < 1.29 is 18.0 Å². The summed E-state index contributed by atoms with van der Waals surface area (Å²) in [5.74, 6) is 0.814. The van der Waals surface area contributed by atoms with Gasteiger partial charge in [0.15, 0.2) is 0 Å². The van der Waals surface area contributed by atoms with E-state index in [2.05, 4.69) is 15.2 Å². The predicted octanol–water partition coefficient (Wildman–Crippen LogP) is 5.24. The number of carbonyl (C=O) groups is 1. The molecule has 2 aromatic carbocycles. The van der Waals surface area contributed by atoms with E-state index in [9.17, 15) is 18.0 Å². The zero-order chi connectivity index (χ0) is 24.1. The van der Waals surface area contributed by atoms with Crippen molar-refractivity contribution in [2.24, 2.45) is 0 Å². The molecular formula is C25H29F3N4OS. The number of amides is 1. The zero-order valence-corrected chi connectivity index (χ0v) is 19.9. The molecule has 0 atom stereocenters. The van der Waals surface area contributed by atoms with Gasteiger partial charge in [0.05, 0.1) is 5.56 Å². The van der Waals surface area contributed by atoms with Crippen LogP contribution in [0.25, 0.3) is 10.9 Å². The third-order valence-electron chi connectivity index (χ3n) is 6.19. The van der Waals surface area contributed by atoms with E-state index in [-0.39, 0.29) is 5.91 Å². The summed E-state index contributed by atoms with van der Waals surface area (Å²) in [4.78, 5) is 19.7. The standard InChI is InChI=1S/C25H29F3N4OS/c1-34-14-8-24(33)30-20-5-6-23-22(16-20)18(17-29-23)7-9-31-10-12-32(13-11-31)21-4-2-3-19(15-21)25(26,27)28/h2-6,15-17,29H,7-14H2,1H3,(H,30,33). The molecule has 0 saturated carbocycles. The second-order valence-electron chi connectivity index (χ2n) is 8.49. The van der Waals surface area contributed by atoms with Crippen LogP contribution >= 0.6 is 11.8 Å². The largest absolute Gasteiger partial charge is 0.416 e. The lowest BCUT2D eigenvalue weighted by atomic mass is 10.1. The van der Waals surface area contributed by atoms with E-state index in [1.807, 2.05) is 35.6 Å². The molecule has 0 bridgehead atoms. The third kappa shape index (κ3) is 6.07. The van der Waals surface area contributed by atoms with Gasteiger partial charge in [0.25, 0.3) is 0 Å². The summed E-state index contributed by atoms with van der Waals surface area (Å²) in [5.41, 5.74) is 3.04. The fourth-order valence-electron chi connectivity index (χ4n) is 4.27. The summed E-state index contributed by atoms with van der Waals surface area (Å²) in [6.45, 7) is 3.86. The fourth-order valence-corrected chi connectivity index (χ4v) is 4.66. The van der Waals surface area contributed by atoms with Gasteiger partial charge in [-0.1, -0.05) is 6.07 Å². The molecule has 3 aromatic rings. The number of piperazine rings is 1. The lowest BCUT2D eigenvalue weighted by Gasteiger charge is -2.36.